The highest BCUT2D eigenvalue weighted by Gasteiger charge is 1.99. The number of rotatable bonds is 4. The minimum Gasteiger partial charge on any atom is -0.464 e. The maximum atomic E-state index is 10.9. The van der Waals surface area contributed by atoms with E-state index in [0.29, 0.717) is 6.61 Å². The van der Waals surface area contributed by atoms with Crippen LogP contribution in [0.3, 0.4) is 0 Å². The van der Waals surface area contributed by atoms with Gasteiger partial charge >= 0.3 is 5.97 Å². The minimum atomic E-state index is -0.667. The predicted octanol–water partition coefficient (Wildman–Crippen LogP) is 0.841. The summed E-state index contributed by atoms with van der Waals surface area (Å²) in [6.07, 6.45) is 0.734. The average Bonchev–Trinajstić information content (AvgIpc) is 1.85. The van der Waals surface area contributed by atoms with Crippen LogP contribution in [0.1, 0.15) is 13.3 Å². The lowest BCUT2D eigenvalue weighted by atomic mass is 10.5. The molecule has 0 aromatic carbocycles. The maximum absolute atomic E-state index is 10.9. The molecule has 0 aliphatic heterocycles. The summed E-state index contributed by atoms with van der Waals surface area (Å²) in [5, 5.41) is 0. The molecule has 0 heterocycles. The number of esters is 1. The molecule has 0 aliphatic carbocycles. The zero-order valence-electron chi connectivity index (χ0n) is 5.22. The van der Waals surface area contributed by atoms with Crippen molar-refractivity contribution in [1.82, 2.24) is 0 Å². The summed E-state index contributed by atoms with van der Waals surface area (Å²) in [5.41, 5.74) is 0. The standard InChI is InChI=1S/C5H9FO3/c1-2-3-8-5(7)4-9-6/h2-4H2,1H3. The van der Waals surface area contributed by atoms with Gasteiger partial charge in [0.25, 0.3) is 0 Å². The van der Waals surface area contributed by atoms with E-state index in [1.807, 2.05) is 6.92 Å². The molecule has 54 valence electrons. The lowest BCUT2D eigenvalue weighted by molar-refractivity contribution is -0.175. The van der Waals surface area contributed by atoms with Crippen LogP contribution in [-0.2, 0) is 14.5 Å². The molecule has 0 rings (SSSR count). The van der Waals surface area contributed by atoms with Crippen molar-refractivity contribution in [2.45, 2.75) is 13.3 Å². The Morgan fingerprint density at radius 3 is 2.78 bits per heavy atom. The third-order valence-electron chi connectivity index (χ3n) is 0.640. The van der Waals surface area contributed by atoms with E-state index in [2.05, 4.69) is 9.68 Å². The Hall–Kier alpha value is -0.640. The van der Waals surface area contributed by atoms with Gasteiger partial charge in [0.1, 0.15) is 0 Å². The van der Waals surface area contributed by atoms with E-state index in [4.69, 9.17) is 0 Å². The van der Waals surface area contributed by atoms with Crippen molar-refractivity contribution in [1.29, 1.82) is 0 Å². The number of ether oxygens (including phenoxy) is 1. The molecule has 0 bridgehead atoms. The lowest BCUT2D eigenvalue weighted by Crippen LogP contribution is -2.10. The van der Waals surface area contributed by atoms with Gasteiger partial charge in [0, 0.05) is 0 Å². The highest BCUT2D eigenvalue weighted by Crippen LogP contribution is 1.83. The monoisotopic (exact) mass is 136 g/mol. The number of hydrogen-bond acceptors (Lipinski definition) is 3. The van der Waals surface area contributed by atoms with Gasteiger partial charge < -0.3 is 4.74 Å². The van der Waals surface area contributed by atoms with E-state index in [9.17, 15) is 9.32 Å². The van der Waals surface area contributed by atoms with Crippen LogP contribution in [0.2, 0.25) is 0 Å². The highest BCUT2D eigenvalue weighted by molar-refractivity contribution is 5.70. The molecule has 0 atom stereocenters. The second kappa shape index (κ2) is 5.50. The van der Waals surface area contributed by atoms with Gasteiger partial charge in [-0.05, 0) is 10.9 Å². The van der Waals surface area contributed by atoms with Crippen LogP contribution in [-0.4, -0.2) is 19.2 Å². The zero-order valence-corrected chi connectivity index (χ0v) is 5.22. The van der Waals surface area contributed by atoms with Gasteiger partial charge in [0.2, 0.25) is 0 Å². The molecule has 0 amide bonds. The van der Waals surface area contributed by atoms with Crippen molar-refractivity contribution in [2.24, 2.45) is 0 Å². The van der Waals surface area contributed by atoms with Gasteiger partial charge in [-0.2, -0.15) is 4.94 Å². The fourth-order valence-electron chi connectivity index (χ4n) is 0.302. The van der Waals surface area contributed by atoms with Crippen LogP contribution in [0.5, 0.6) is 0 Å². The topological polar surface area (TPSA) is 35.5 Å². The number of carbonyl (C=O) groups excluding carboxylic acids is 1. The summed E-state index contributed by atoms with van der Waals surface area (Å²) < 4.78 is 15.3. The quantitative estimate of drug-likeness (QED) is 0.537. The normalized spacial score (nSPS) is 9.11. The highest BCUT2D eigenvalue weighted by atomic mass is 19.3. The van der Waals surface area contributed by atoms with Crippen LogP contribution in [0, 0.1) is 0 Å². The molecule has 0 N–H and O–H groups in total. The van der Waals surface area contributed by atoms with Gasteiger partial charge in [0.15, 0.2) is 6.61 Å². The summed E-state index contributed by atoms with van der Waals surface area (Å²) in [6, 6.07) is 0. The number of carbonyl (C=O) groups is 1. The SMILES string of the molecule is CCCOC(=O)COF. The fourth-order valence-corrected chi connectivity index (χ4v) is 0.302. The molecular weight excluding hydrogens is 127 g/mol. The molecule has 0 unspecified atom stereocenters. The van der Waals surface area contributed by atoms with Crippen LogP contribution >= 0.6 is 0 Å². The zero-order chi connectivity index (χ0) is 7.11. The van der Waals surface area contributed by atoms with Crippen molar-refractivity contribution in [3.8, 4) is 0 Å². The van der Waals surface area contributed by atoms with E-state index in [-0.39, 0.29) is 0 Å². The van der Waals surface area contributed by atoms with Gasteiger partial charge in [-0.3, -0.25) is 0 Å². The summed E-state index contributed by atoms with van der Waals surface area (Å²) in [7, 11) is 0. The molecule has 0 saturated heterocycles. The molecule has 4 heteroatoms. The molecule has 0 spiro atoms. The Morgan fingerprint density at radius 2 is 2.33 bits per heavy atom. The number of hydrogen-bond donors (Lipinski definition) is 0. The summed E-state index contributed by atoms with van der Waals surface area (Å²) in [5.74, 6) is -0.667. The summed E-state index contributed by atoms with van der Waals surface area (Å²) in [4.78, 5) is 13.2. The van der Waals surface area contributed by atoms with Crippen LogP contribution in [0.4, 0.5) is 4.53 Å². The summed E-state index contributed by atoms with van der Waals surface area (Å²) in [6.45, 7) is 1.56. The molecule has 0 aliphatic rings. The first-order chi connectivity index (χ1) is 4.31. The Bertz CT molecular complexity index is 84.3. The first kappa shape index (κ1) is 8.36. The van der Waals surface area contributed by atoms with Gasteiger partial charge in [-0.15, -0.1) is 0 Å². The second-order valence-corrected chi connectivity index (χ2v) is 1.47. The Kier molecular flexibility index (Phi) is 5.11. The summed E-state index contributed by atoms with van der Waals surface area (Å²) >= 11 is 0. The van der Waals surface area contributed by atoms with E-state index in [1.54, 1.807) is 0 Å². The fraction of sp³-hybridized carbons (Fsp3) is 0.800. The number of halogens is 1. The first-order valence-corrected chi connectivity index (χ1v) is 2.70. The van der Waals surface area contributed by atoms with Crippen molar-refractivity contribution >= 4 is 5.97 Å². The smallest absolute Gasteiger partial charge is 0.335 e. The van der Waals surface area contributed by atoms with Crippen LogP contribution in [0.25, 0.3) is 0 Å². The van der Waals surface area contributed by atoms with Crippen LogP contribution in [0.15, 0.2) is 0 Å². The largest absolute Gasteiger partial charge is 0.464 e. The van der Waals surface area contributed by atoms with E-state index in [0.717, 1.165) is 6.42 Å². The minimum absolute atomic E-state index is 0.322. The van der Waals surface area contributed by atoms with E-state index >= 15 is 0 Å². The Morgan fingerprint density at radius 1 is 1.67 bits per heavy atom. The predicted molar refractivity (Wildman–Crippen MR) is 28.3 cm³/mol. The molecular formula is C5H9FO3. The molecule has 0 radical (unpaired) electrons. The molecule has 0 aromatic heterocycles. The van der Waals surface area contributed by atoms with E-state index < -0.39 is 12.6 Å². The average molecular weight is 136 g/mol. The van der Waals surface area contributed by atoms with Crippen molar-refractivity contribution in [2.75, 3.05) is 13.2 Å². The van der Waals surface area contributed by atoms with Gasteiger partial charge in [-0.25, -0.2) is 4.79 Å². The maximum Gasteiger partial charge on any atom is 0.335 e. The van der Waals surface area contributed by atoms with Crippen molar-refractivity contribution in [3.05, 3.63) is 0 Å². The second-order valence-electron chi connectivity index (χ2n) is 1.47. The third-order valence-corrected chi connectivity index (χ3v) is 0.640. The van der Waals surface area contributed by atoms with Crippen molar-refractivity contribution in [3.63, 3.8) is 0 Å². The molecule has 0 saturated carbocycles. The lowest BCUT2D eigenvalue weighted by Gasteiger charge is -1.97. The molecule has 9 heavy (non-hydrogen) atoms. The molecule has 0 aromatic rings. The Balaban J connectivity index is 3.06. The first-order valence-electron chi connectivity index (χ1n) is 2.70. The Labute approximate surface area is 52.7 Å². The van der Waals surface area contributed by atoms with E-state index in [1.165, 1.54) is 0 Å². The van der Waals surface area contributed by atoms with Crippen molar-refractivity contribution < 1.29 is 19.0 Å². The van der Waals surface area contributed by atoms with Gasteiger partial charge in [0.05, 0.1) is 6.61 Å². The molecule has 0 fully saturated rings. The third kappa shape index (κ3) is 5.23. The van der Waals surface area contributed by atoms with Crippen LogP contribution < -0.4 is 0 Å². The van der Waals surface area contributed by atoms with Gasteiger partial charge in [-0.1, -0.05) is 6.92 Å². The molecule has 3 nitrogen and oxygen atoms in total.